The molecule has 2 rings (SSSR count). The lowest BCUT2D eigenvalue weighted by atomic mass is 10.1. The summed E-state index contributed by atoms with van der Waals surface area (Å²) in [5.74, 6) is -1.38. The van der Waals surface area contributed by atoms with E-state index in [0.29, 0.717) is 17.2 Å². The van der Waals surface area contributed by atoms with Crippen molar-refractivity contribution in [3.63, 3.8) is 0 Å². The van der Waals surface area contributed by atoms with Crippen LogP contribution in [0, 0.1) is 0 Å². The molecule has 0 aromatic heterocycles. The number of benzene rings is 2. The summed E-state index contributed by atoms with van der Waals surface area (Å²) in [7, 11) is 0. The van der Waals surface area contributed by atoms with Crippen molar-refractivity contribution in [2.24, 2.45) is 0 Å². The van der Waals surface area contributed by atoms with Crippen molar-refractivity contribution >= 4 is 29.4 Å². The smallest absolute Gasteiger partial charge is 0.306 e. The van der Waals surface area contributed by atoms with Crippen molar-refractivity contribution in [1.82, 2.24) is 10.9 Å². The Morgan fingerprint density at radius 1 is 0.889 bits per heavy atom. The van der Waals surface area contributed by atoms with Gasteiger partial charge >= 0.3 is 5.97 Å². The number of hydrogen-bond acceptors (Lipinski definition) is 4. The van der Waals surface area contributed by atoms with E-state index in [1.54, 1.807) is 12.1 Å². The number of nitrogens with one attached hydrogen (secondary N) is 2. The number of carbonyl (C=O) groups is 3. The Hall–Kier alpha value is -2.86. The molecule has 0 aliphatic heterocycles. The number of carbonyl (C=O) groups excluding carboxylic acids is 3. The summed E-state index contributed by atoms with van der Waals surface area (Å²) in [6, 6.07) is 16.1. The van der Waals surface area contributed by atoms with E-state index in [2.05, 4.69) is 10.9 Å². The lowest BCUT2D eigenvalue weighted by molar-refractivity contribution is -0.145. The summed E-state index contributed by atoms with van der Waals surface area (Å²) in [4.78, 5) is 35.2. The Balaban J connectivity index is 1.57. The van der Waals surface area contributed by atoms with Crippen LogP contribution in [0.1, 0.15) is 35.2 Å². The van der Waals surface area contributed by atoms with Crippen molar-refractivity contribution in [3.05, 3.63) is 70.7 Å². The zero-order valence-electron chi connectivity index (χ0n) is 14.7. The fourth-order valence-corrected chi connectivity index (χ4v) is 2.38. The molecule has 6 nitrogen and oxygen atoms in total. The summed E-state index contributed by atoms with van der Waals surface area (Å²) >= 11 is 5.75. The molecule has 0 saturated carbocycles. The molecule has 7 heteroatoms. The van der Waals surface area contributed by atoms with Gasteiger partial charge in [0.2, 0.25) is 5.91 Å². The highest BCUT2D eigenvalue weighted by Gasteiger charge is 2.10. The van der Waals surface area contributed by atoms with Gasteiger partial charge in [0.05, 0.1) is 13.0 Å². The second kappa shape index (κ2) is 11.0. The molecule has 2 aromatic rings. The van der Waals surface area contributed by atoms with Crippen LogP contribution in [-0.2, 0) is 20.7 Å². The standard InChI is InChI=1S/C20H21ClN2O4/c21-17-10-8-16(9-11-17)20(26)23-22-18(24)12-13-19(25)27-14-4-7-15-5-2-1-3-6-15/h1-3,5-6,8-11H,4,7,12-14H2,(H,22,24)(H,23,26). The Labute approximate surface area is 162 Å². The first-order chi connectivity index (χ1) is 13.0. The quantitative estimate of drug-likeness (QED) is 0.413. The summed E-state index contributed by atoms with van der Waals surface area (Å²) in [5, 5.41) is 0.512. The van der Waals surface area contributed by atoms with Crippen molar-refractivity contribution in [2.45, 2.75) is 25.7 Å². The Morgan fingerprint density at radius 3 is 2.30 bits per heavy atom. The molecule has 0 heterocycles. The second-order valence-corrected chi connectivity index (χ2v) is 6.26. The fraction of sp³-hybridized carbons (Fsp3) is 0.250. The molecule has 2 N–H and O–H groups in total. The summed E-state index contributed by atoms with van der Waals surface area (Å²) < 4.78 is 5.10. The first-order valence-electron chi connectivity index (χ1n) is 8.59. The molecule has 27 heavy (non-hydrogen) atoms. The molecule has 2 amide bonds. The number of hydrazine groups is 1. The molecule has 0 saturated heterocycles. The highest BCUT2D eigenvalue weighted by molar-refractivity contribution is 6.30. The number of rotatable bonds is 8. The first kappa shape index (κ1) is 20.5. The molecule has 0 bridgehead atoms. The Kier molecular flexibility index (Phi) is 8.32. The van der Waals surface area contributed by atoms with Gasteiger partial charge in [0.15, 0.2) is 0 Å². The van der Waals surface area contributed by atoms with E-state index in [4.69, 9.17) is 16.3 Å². The number of esters is 1. The van der Waals surface area contributed by atoms with Crippen LogP contribution in [0.3, 0.4) is 0 Å². The average molecular weight is 389 g/mol. The van der Waals surface area contributed by atoms with Gasteiger partial charge in [-0.3, -0.25) is 25.2 Å². The van der Waals surface area contributed by atoms with Crippen LogP contribution in [0.4, 0.5) is 0 Å². The van der Waals surface area contributed by atoms with Crippen LogP contribution in [0.2, 0.25) is 5.02 Å². The van der Waals surface area contributed by atoms with Gasteiger partial charge in [0, 0.05) is 17.0 Å². The van der Waals surface area contributed by atoms with Gasteiger partial charge in [-0.05, 0) is 42.7 Å². The number of amides is 2. The summed E-state index contributed by atoms with van der Waals surface area (Å²) in [6.07, 6.45) is 1.43. The SMILES string of the molecule is O=C(CCC(=O)OCCCc1ccccc1)NNC(=O)c1ccc(Cl)cc1. The van der Waals surface area contributed by atoms with Gasteiger partial charge in [0.1, 0.15) is 0 Å². The number of halogens is 1. The fourth-order valence-electron chi connectivity index (χ4n) is 2.26. The molecular weight excluding hydrogens is 368 g/mol. The van der Waals surface area contributed by atoms with Crippen LogP contribution in [-0.4, -0.2) is 24.4 Å². The Bertz CT molecular complexity index is 763. The number of aryl methyl sites for hydroxylation is 1. The number of ether oxygens (including phenoxy) is 1. The van der Waals surface area contributed by atoms with Crippen LogP contribution < -0.4 is 10.9 Å². The predicted octanol–water partition coefficient (Wildman–Crippen LogP) is 3.06. The topological polar surface area (TPSA) is 84.5 Å². The first-order valence-corrected chi connectivity index (χ1v) is 8.96. The highest BCUT2D eigenvalue weighted by Crippen LogP contribution is 2.09. The maximum absolute atomic E-state index is 11.8. The van der Waals surface area contributed by atoms with E-state index in [0.717, 1.165) is 12.8 Å². The van der Waals surface area contributed by atoms with E-state index in [9.17, 15) is 14.4 Å². The maximum atomic E-state index is 11.8. The largest absolute Gasteiger partial charge is 0.466 e. The molecule has 0 aliphatic carbocycles. The molecule has 142 valence electrons. The van der Waals surface area contributed by atoms with Crippen LogP contribution in [0.15, 0.2) is 54.6 Å². The van der Waals surface area contributed by atoms with Gasteiger partial charge < -0.3 is 4.74 Å². The molecule has 0 spiro atoms. The molecule has 0 fully saturated rings. The monoisotopic (exact) mass is 388 g/mol. The molecule has 0 unspecified atom stereocenters. The Morgan fingerprint density at radius 2 is 1.59 bits per heavy atom. The normalized spacial score (nSPS) is 10.1. The molecule has 0 aliphatic rings. The van der Waals surface area contributed by atoms with E-state index in [1.807, 2.05) is 30.3 Å². The molecular formula is C20H21ClN2O4. The van der Waals surface area contributed by atoms with E-state index >= 15 is 0 Å². The third-order valence-electron chi connectivity index (χ3n) is 3.69. The van der Waals surface area contributed by atoms with Crippen LogP contribution in [0.5, 0.6) is 0 Å². The highest BCUT2D eigenvalue weighted by atomic mass is 35.5. The third kappa shape index (κ3) is 7.92. The summed E-state index contributed by atoms with van der Waals surface area (Å²) in [6.45, 7) is 0.308. The lowest BCUT2D eigenvalue weighted by Gasteiger charge is -2.08. The minimum absolute atomic E-state index is 0.0476. The van der Waals surface area contributed by atoms with Crippen LogP contribution >= 0.6 is 11.6 Å². The van der Waals surface area contributed by atoms with Crippen LogP contribution in [0.25, 0.3) is 0 Å². The van der Waals surface area contributed by atoms with Gasteiger partial charge in [-0.15, -0.1) is 0 Å². The van der Waals surface area contributed by atoms with Crippen molar-refractivity contribution in [3.8, 4) is 0 Å². The lowest BCUT2D eigenvalue weighted by Crippen LogP contribution is -2.41. The van der Waals surface area contributed by atoms with Gasteiger partial charge in [-0.2, -0.15) is 0 Å². The van der Waals surface area contributed by atoms with Crippen molar-refractivity contribution in [1.29, 1.82) is 0 Å². The third-order valence-corrected chi connectivity index (χ3v) is 3.95. The maximum Gasteiger partial charge on any atom is 0.306 e. The predicted molar refractivity (Wildman–Crippen MR) is 102 cm³/mol. The zero-order chi connectivity index (χ0) is 19.5. The van der Waals surface area contributed by atoms with E-state index in [-0.39, 0.29) is 12.8 Å². The second-order valence-electron chi connectivity index (χ2n) is 5.82. The minimum Gasteiger partial charge on any atom is -0.466 e. The van der Waals surface area contributed by atoms with Gasteiger partial charge in [-0.25, -0.2) is 0 Å². The summed E-state index contributed by atoms with van der Waals surface area (Å²) in [5.41, 5.74) is 6.08. The van der Waals surface area contributed by atoms with Crippen molar-refractivity contribution in [2.75, 3.05) is 6.61 Å². The molecule has 0 atom stereocenters. The van der Waals surface area contributed by atoms with E-state index < -0.39 is 17.8 Å². The van der Waals surface area contributed by atoms with Gasteiger partial charge in [-0.1, -0.05) is 41.9 Å². The molecule has 0 radical (unpaired) electrons. The van der Waals surface area contributed by atoms with Gasteiger partial charge in [0.25, 0.3) is 5.91 Å². The minimum atomic E-state index is -0.474. The average Bonchev–Trinajstić information content (AvgIpc) is 2.69. The van der Waals surface area contributed by atoms with E-state index in [1.165, 1.54) is 17.7 Å². The van der Waals surface area contributed by atoms with Crippen molar-refractivity contribution < 1.29 is 19.1 Å². The zero-order valence-corrected chi connectivity index (χ0v) is 15.5. The number of hydrogen-bond donors (Lipinski definition) is 2. The molecule has 2 aromatic carbocycles.